The van der Waals surface area contributed by atoms with E-state index in [9.17, 15) is 14.4 Å². The van der Waals surface area contributed by atoms with Crippen molar-refractivity contribution in [2.45, 2.75) is 17.1 Å². The van der Waals surface area contributed by atoms with Crippen LogP contribution in [0.2, 0.25) is 0 Å². The highest BCUT2D eigenvalue weighted by atomic mass is 32.2. The van der Waals surface area contributed by atoms with Crippen molar-refractivity contribution in [1.82, 2.24) is 5.32 Å². The molecular weight excluding hydrogens is 558 g/mol. The molecule has 1 heterocycles. The minimum absolute atomic E-state index is 0.0154. The van der Waals surface area contributed by atoms with Gasteiger partial charge in [-0.15, -0.1) is 11.8 Å². The van der Waals surface area contributed by atoms with Gasteiger partial charge in [0.2, 0.25) is 5.91 Å². The number of nitrogens with one attached hydrogen (secondary N) is 3. The fraction of sp³-hybridized carbons (Fsp3) is 0.0571. The number of hydrogen-bond donors (Lipinski definition) is 3. The molecule has 0 saturated carbocycles. The number of carbonyl (C=O) groups excluding carboxylic acids is 3. The van der Waals surface area contributed by atoms with Crippen LogP contribution in [-0.2, 0) is 9.59 Å². The van der Waals surface area contributed by atoms with Gasteiger partial charge in [0.05, 0.1) is 6.26 Å². The zero-order valence-corrected chi connectivity index (χ0v) is 24.1. The van der Waals surface area contributed by atoms with Gasteiger partial charge in [-0.05, 0) is 66.6 Å². The summed E-state index contributed by atoms with van der Waals surface area (Å²) in [5, 5.41) is 8.07. The van der Waals surface area contributed by atoms with Crippen LogP contribution in [0.1, 0.15) is 32.5 Å². The van der Waals surface area contributed by atoms with Crippen molar-refractivity contribution in [3.05, 3.63) is 156 Å². The number of benzene rings is 4. The molecule has 1 unspecified atom stereocenters. The van der Waals surface area contributed by atoms with Gasteiger partial charge in [0, 0.05) is 27.9 Å². The van der Waals surface area contributed by atoms with Crippen molar-refractivity contribution in [2.24, 2.45) is 0 Å². The Morgan fingerprint density at radius 2 is 1.49 bits per heavy atom. The van der Waals surface area contributed by atoms with Crippen LogP contribution in [0.3, 0.4) is 0 Å². The lowest BCUT2D eigenvalue weighted by Crippen LogP contribution is -2.30. The first-order valence-corrected chi connectivity index (χ1v) is 14.5. The molecule has 214 valence electrons. The molecule has 0 fully saturated rings. The number of hydrogen-bond acceptors (Lipinski definition) is 5. The lowest BCUT2D eigenvalue weighted by atomic mass is 10.1. The molecule has 5 aromatic rings. The number of furan rings is 1. The van der Waals surface area contributed by atoms with E-state index < -0.39 is 17.1 Å². The minimum atomic E-state index is -0.550. The van der Waals surface area contributed by atoms with Gasteiger partial charge in [-0.25, -0.2) is 0 Å². The monoisotopic (exact) mass is 587 g/mol. The molecular formula is C35H29N3O4S. The summed E-state index contributed by atoms with van der Waals surface area (Å²) in [4.78, 5) is 40.6. The second-order valence-corrected chi connectivity index (χ2v) is 10.8. The molecule has 0 radical (unpaired) electrons. The van der Waals surface area contributed by atoms with Crippen LogP contribution in [0, 0.1) is 6.92 Å². The number of carbonyl (C=O) groups is 3. The highest BCUT2D eigenvalue weighted by Gasteiger charge is 2.23. The molecule has 0 bridgehead atoms. The summed E-state index contributed by atoms with van der Waals surface area (Å²) in [7, 11) is 0. The summed E-state index contributed by atoms with van der Waals surface area (Å²) in [6, 6.07) is 36.4. The lowest BCUT2D eigenvalue weighted by Gasteiger charge is -2.18. The fourth-order valence-electron chi connectivity index (χ4n) is 4.25. The number of rotatable bonds is 10. The van der Waals surface area contributed by atoms with Gasteiger partial charge in [-0.3, -0.25) is 14.4 Å². The third kappa shape index (κ3) is 7.90. The second kappa shape index (κ2) is 14.0. The number of para-hydroxylation sites is 1. The summed E-state index contributed by atoms with van der Waals surface area (Å²) in [6.45, 7) is 1.95. The van der Waals surface area contributed by atoms with E-state index >= 15 is 0 Å². The SMILES string of the molecule is Cc1ccccc1NC(=O)C(Sc1cccc(NC(=O)/C(=C/c2ccco2)NC(=O)c2ccccc2)c1)c1ccccc1. The third-order valence-electron chi connectivity index (χ3n) is 6.45. The summed E-state index contributed by atoms with van der Waals surface area (Å²) >= 11 is 1.37. The molecule has 3 N–H and O–H groups in total. The first-order chi connectivity index (χ1) is 21.0. The van der Waals surface area contributed by atoms with Crippen LogP contribution in [-0.4, -0.2) is 17.7 Å². The Hall–Kier alpha value is -5.34. The number of anilines is 2. The van der Waals surface area contributed by atoms with E-state index in [-0.39, 0.29) is 11.6 Å². The largest absolute Gasteiger partial charge is 0.465 e. The van der Waals surface area contributed by atoms with Gasteiger partial charge >= 0.3 is 0 Å². The van der Waals surface area contributed by atoms with Gasteiger partial charge < -0.3 is 20.4 Å². The van der Waals surface area contributed by atoms with Gasteiger partial charge in [-0.1, -0.05) is 72.8 Å². The molecule has 1 aromatic heterocycles. The van der Waals surface area contributed by atoms with Gasteiger partial charge in [0.1, 0.15) is 16.7 Å². The van der Waals surface area contributed by atoms with Crippen LogP contribution in [0.25, 0.3) is 6.08 Å². The standard InChI is InChI=1S/C35H29N3O4S/c1-24-12-8-9-20-30(24)37-35(41)32(25-13-4-2-5-14-25)43-29-19-10-17-27(22-29)36-34(40)31(23-28-18-11-21-42-28)38-33(39)26-15-6-3-7-16-26/h2-23,32H,1H3,(H,36,40)(H,37,41)(H,38,39)/b31-23-. The predicted molar refractivity (Wildman–Crippen MR) is 171 cm³/mol. The zero-order chi connectivity index (χ0) is 30.0. The molecule has 0 aliphatic carbocycles. The van der Waals surface area contributed by atoms with Gasteiger partial charge in [0.15, 0.2) is 0 Å². The van der Waals surface area contributed by atoms with E-state index in [1.165, 1.54) is 24.1 Å². The van der Waals surface area contributed by atoms with E-state index in [4.69, 9.17) is 4.42 Å². The topological polar surface area (TPSA) is 100 Å². The Morgan fingerprint density at radius 3 is 2.21 bits per heavy atom. The summed E-state index contributed by atoms with van der Waals surface area (Å²) in [5.74, 6) is -0.705. The first kappa shape index (κ1) is 29.2. The maximum absolute atomic E-state index is 13.5. The highest BCUT2D eigenvalue weighted by Crippen LogP contribution is 2.37. The molecule has 0 spiro atoms. The Balaban J connectivity index is 1.36. The van der Waals surface area contributed by atoms with Crippen LogP contribution >= 0.6 is 11.8 Å². The van der Waals surface area contributed by atoms with Crippen molar-refractivity contribution >= 4 is 46.9 Å². The van der Waals surface area contributed by atoms with Crippen molar-refractivity contribution < 1.29 is 18.8 Å². The third-order valence-corrected chi connectivity index (χ3v) is 7.70. The van der Waals surface area contributed by atoms with Crippen molar-refractivity contribution in [3.63, 3.8) is 0 Å². The van der Waals surface area contributed by atoms with E-state index in [2.05, 4.69) is 16.0 Å². The van der Waals surface area contributed by atoms with Gasteiger partial charge in [-0.2, -0.15) is 0 Å². The van der Waals surface area contributed by atoms with Crippen LogP contribution < -0.4 is 16.0 Å². The molecule has 3 amide bonds. The molecule has 0 aliphatic heterocycles. The zero-order valence-electron chi connectivity index (χ0n) is 23.3. The molecule has 7 nitrogen and oxygen atoms in total. The van der Waals surface area contributed by atoms with E-state index in [0.29, 0.717) is 17.0 Å². The average molecular weight is 588 g/mol. The Bertz CT molecular complexity index is 1740. The molecule has 4 aromatic carbocycles. The maximum atomic E-state index is 13.5. The van der Waals surface area contributed by atoms with Crippen LogP contribution in [0.15, 0.2) is 143 Å². The molecule has 43 heavy (non-hydrogen) atoms. The fourth-order valence-corrected chi connectivity index (χ4v) is 5.34. The molecule has 8 heteroatoms. The Morgan fingerprint density at radius 1 is 0.767 bits per heavy atom. The smallest absolute Gasteiger partial charge is 0.272 e. The van der Waals surface area contributed by atoms with Crippen LogP contribution in [0.4, 0.5) is 11.4 Å². The van der Waals surface area contributed by atoms with E-state index in [1.807, 2.05) is 73.7 Å². The number of thioether (sulfide) groups is 1. The quantitative estimate of drug-likeness (QED) is 0.116. The summed E-state index contributed by atoms with van der Waals surface area (Å²) in [5.41, 5.74) is 3.50. The summed E-state index contributed by atoms with van der Waals surface area (Å²) < 4.78 is 5.38. The summed E-state index contributed by atoms with van der Waals surface area (Å²) in [6.07, 6.45) is 2.95. The van der Waals surface area contributed by atoms with E-state index in [1.54, 1.807) is 54.6 Å². The van der Waals surface area contributed by atoms with E-state index in [0.717, 1.165) is 21.7 Å². The van der Waals surface area contributed by atoms with Gasteiger partial charge in [0.25, 0.3) is 11.8 Å². The maximum Gasteiger partial charge on any atom is 0.272 e. The normalized spacial score (nSPS) is 11.8. The number of aryl methyl sites for hydroxylation is 1. The Kier molecular flexibility index (Phi) is 9.51. The van der Waals surface area contributed by atoms with Crippen LogP contribution in [0.5, 0.6) is 0 Å². The highest BCUT2D eigenvalue weighted by molar-refractivity contribution is 8.00. The molecule has 0 aliphatic rings. The molecule has 0 saturated heterocycles. The minimum Gasteiger partial charge on any atom is -0.465 e. The first-order valence-electron chi connectivity index (χ1n) is 13.6. The Labute approximate surface area is 254 Å². The molecule has 5 rings (SSSR count). The van der Waals surface area contributed by atoms with Crippen molar-refractivity contribution in [2.75, 3.05) is 10.6 Å². The molecule has 1 atom stereocenters. The average Bonchev–Trinajstić information content (AvgIpc) is 3.55. The second-order valence-electron chi connectivity index (χ2n) is 9.59. The van der Waals surface area contributed by atoms with Crippen molar-refractivity contribution in [3.8, 4) is 0 Å². The predicted octanol–water partition coefficient (Wildman–Crippen LogP) is 7.47. The van der Waals surface area contributed by atoms with Crippen molar-refractivity contribution in [1.29, 1.82) is 0 Å². The number of amides is 3. The lowest BCUT2D eigenvalue weighted by molar-refractivity contribution is -0.116.